The van der Waals surface area contributed by atoms with Crippen molar-refractivity contribution in [3.8, 4) is 0 Å². The van der Waals surface area contributed by atoms with Crippen molar-refractivity contribution >= 4 is 18.0 Å². The molecule has 55 heavy (non-hydrogen) atoms. The minimum atomic E-state index is -0.558. The smallest absolute Gasteiger partial charge is 0.360 e. The minimum absolute atomic E-state index is 0.113. The van der Waals surface area contributed by atoms with Crippen LogP contribution in [0.25, 0.3) is 6.08 Å². The van der Waals surface area contributed by atoms with E-state index in [1.54, 1.807) is 13.2 Å². The number of allylic oxidation sites excluding steroid dienone is 12. The minimum Gasteiger partial charge on any atom is -0.464 e. The molecule has 0 saturated heterocycles. The Morgan fingerprint density at radius 1 is 0.818 bits per heavy atom. The lowest BCUT2D eigenvalue weighted by atomic mass is 9.81. The highest BCUT2D eigenvalue weighted by Crippen LogP contribution is 2.41. The molecule has 0 radical (unpaired) electrons. The van der Waals surface area contributed by atoms with E-state index in [0.29, 0.717) is 42.9 Å². The van der Waals surface area contributed by atoms with Gasteiger partial charge in [-0.2, -0.15) is 0 Å². The summed E-state index contributed by atoms with van der Waals surface area (Å²) >= 11 is 0. The summed E-state index contributed by atoms with van der Waals surface area (Å²) in [5.74, 6) is 0.552. The van der Waals surface area contributed by atoms with E-state index < -0.39 is 18.0 Å². The molecule has 1 fully saturated rings. The fourth-order valence-electron chi connectivity index (χ4n) is 5.61. The van der Waals surface area contributed by atoms with E-state index in [0.717, 1.165) is 19.3 Å². The number of methoxy groups -OCH3 is 2. The van der Waals surface area contributed by atoms with Crippen molar-refractivity contribution in [3.63, 3.8) is 0 Å². The highest BCUT2D eigenvalue weighted by atomic mass is 16.5. The van der Waals surface area contributed by atoms with Crippen LogP contribution in [-0.2, 0) is 20.6 Å². The summed E-state index contributed by atoms with van der Waals surface area (Å²) in [6.07, 6.45) is 37.2. The quantitative estimate of drug-likeness (QED) is 0.0663. The molecule has 1 N–H and O–H groups in total. The van der Waals surface area contributed by atoms with E-state index in [-0.39, 0.29) is 34.4 Å². The zero-order valence-electron chi connectivity index (χ0n) is 33.7. The van der Waals surface area contributed by atoms with Crippen LogP contribution in [0.4, 0.5) is 0 Å². The Morgan fingerprint density at radius 3 is 2.20 bits per heavy atom. The molecular formula is C45H60N2O8. The number of ether oxygens (including phenoxy) is 3. The number of aliphatic hydroxyl groups excluding tert-OH is 1. The first kappa shape index (κ1) is 44.6. The fourth-order valence-corrected chi connectivity index (χ4v) is 5.61. The molecule has 0 unspecified atom stereocenters. The molecule has 1 saturated carbocycles. The predicted octanol–water partition coefficient (Wildman–Crippen LogP) is 9.79. The second kappa shape index (κ2) is 22.5. The highest BCUT2D eigenvalue weighted by Gasteiger charge is 2.33. The molecule has 10 nitrogen and oxygen atoms in total. The maximum absolute atomic E-state index is 13.2. The average molecular weight is 757 g/mol. The third kappa shape index (κ3) is 15.5. The average Bonchev–Trinajstić information content (AvgIpc) is 3.48. The molecule has 0 spiro atoms. The monoisotopic (exact) mass is 756 g/mol. The molecule has 0 amide bonds. The highest BCUT2D eigenvalue weighted by molar-refractivity contribution is 5.87. The van der Waals surface area contributed by atoms with Gasteiger partial charge in [-0.05, 0) is 56.8 Å². The zero-order valence-corrected chi connectivity index (χ0v) is 33.7. The first-order chi connectivity index (χ1) is 26.3. The first-order valence-electron chi connectivity index (χ1n) is 19.0. The Morgan fingerprint density at radius 2 is 1.49 bits per heavy atom. The lowest BCUT2D eigenvalue weighted by molar-refractivity contribution is -0.00637. The summed E-state index contributed by atoms with van der Waals surface area (Å²) in [5.41, 5.74) is -0.264. The SMILES string of the molecule is C/C=C/CC(C)(C)[C@H](C\C=C/C=C\C=C\[C@@H](Cc1nc(C(=O)OC)co1)OC)OC(=O)c1coc(/C=C\C=C\[C@@H]2C[C@@H]2/C=C\C[C@H](O)C(C)(C)C/C=C/C)n1. The van der Waals surface area contributed by atoms with Crippen LogP contribution in [-0.4, -0.2) is 59.5 Å². The van der Waals surface area contributed by atoms with Crippen molar-refractivity contribution in [2.75, 3.05) is 14.2 Å². The Labute approximate surface area is 327 Å². The van der Waals surface area contributed by atoms with Crippen LogP contribution < -0.4 is 0 Å². The maximum atomic E-state index is 13.2. The van der Waals surface area contributed by atoms with E-state index in [4.69, 9.17) is 18.3 Å². The molecule has 1 aliphatic carbocycles. The van der Waals surface area contributed by atoms with Gasteiger partial charge in [0.25, 0.3) is 0 Å². The van der Waals surface area contributed by atoms with Gasteiger partial charge < -0.3 is 28.2 Å². The van der Waals surface area contributed by atoms with Crippen LogP contribution in [0.3, 0.4) is 0 Å². The summed E-state index contributed by atoms with van der Waals surface area (Å²) in [6, 6.07) is 0. The van der Waals surface area contributed by atoms with Crippen molar-refractivity contribution in [2.24, 2.45) is 22.7 Å². The van der Waals surface area contributed by atoms with Crippen molar-refractivity contribution in [1.82, 2.24) is 9.97 Å². The zero-order chi connectivity index (χ0) is 40.3. The van der Waals surface area contributed by atoms with Crippen LogP contribution in [0.1, 0.15) is 106 Å². The van der Waals surface area contributed by atoms with Crippen molar-refractivity contribution < 1.29 is 37.7 Å². The molecule has 0 aliphatic heterocycles. The van der Waals surface area contributed by atoms with Crippen molar-refractivity contribution in [1.29, 1.82) is 0 Å². The third-order valence-corrected chi connectivity index (χ3v) is 9.63. The normalized spacial score (nSPS) is 18.7. The van der Waals surface area contributed by atoms with Crippen molar-refractivity contribution in [2.45, 2.75) is 98.4 Å². The lowest BCUT2D eigenvalue weighted by Gasteiger charge is -2.32. The number of rotatable bonds is 23. The molecule has 2 aromatic heterocycles. The van der Waals surface area contributed by atoms with Crippen LogP contribution in [0.2, 0.25) is 0 Å². The van der Waals surface area contributed by atoms with Crippen LogP contribution >= 0.6 is 0 Å². The largest absolute Gasteiger partial charge is 0.464 e. The van der Waals surface area contributed by atoms with Crippen LogP contribution in [0.15, 0.2) is 113 Å². The number of hydrogen-bond donors (Lipinski definition) is 1. The van der Waals surface area contributed by atoms with Gasteiger partial charge in [0.2, 0.25) is 5.89 Å². The summed E-state index contributed by atoms with van der Waals surface area (Å²) in [6.45, 7) is 12.3. The fraction of sp³-hybridized carbons (Fsp3) is 0.467. The molecule has 5 atom stereocenters. The van der Waals surface area contributed by atoms with E-state index in [9.17, 15) is 14.7 Å². The van der Waals surface area contributed by atoms with E-state index in [1.807, 2.05) is 74.6 Å². The molecule has 10 heteroatoms. The molecule has 2 aromatic rings. The summed E-state index contributed by atoms with van der Waals surface area (Å²) in [4.78, 5) is 33.3. The van der Waals surface area contributed by atoms with E-state index >= 15 is 0 Å². The van der Waals surface area contributed by atoms with Gasteiger partial charge in [-0.3, -0.25) is 0 Å². The second-order valence-electron chi connectivity index (χ2n) is 15.0. The lowest BCUT2D eigenvalue weighted by Crippen LogP contribution is -2.33. The summed E-state index contributed by atoms with van der Waals surface area (Å²) in [5, 5.41) is 10.6. The molecule has 298 valence electrons. The van der Waals surface area contributed by atoms with Gasteiger partial charge in [0, 0.05) is 25.0 Å². The van der Waals surface area contributed by atoms with Crippen LogP contribution in [0, 0.1) is 22.7 Å². The standard InChI is InChI=1S/C45H60N2O8/c1-9-11-27-44(3,4)38(48)24-20-22-34-29-33(34)21-18-19-26-40-46-37(32-53-40)43(50)55-39(45(5,6)28-12-10-2)25-17-15-13-14-16-23-35(51-7)30-41-47-36(31-54-41)42(49)52-8/h9-23,26,31-35,38-39,48H,24-25,27-30H2,1-8H3/b11-9+,12-10+,14-13-,17-15-,21-18+,22-20-,23-16+,26-19-/t33-,34+,35+,38+,39+/m1/s1. The Kier molecular flexibility index (Phi) is 18.3. The molecular weight excluding hydrogens is 697 g/mol. The number of aromatic nitrogens is 2. The Bertz CT molecular complexity index is 1730. The predicted molar refractivity (Wildman–Crippen MR) is 216 cm³/mol. The Hall–Kier alpha value is -4.80. The van der Waals surface area contributed by atoms with Gasteiger partial charge in [0.1, 0.15) is 18.6 Å². The number of aliphatic hydroxyl groups is 1. The first-order valence-corrected chi connectivity index (χ1v) is 19.0. The number of nitrogens with zero attached hydrogens (tertiary/aromatic N) is 2. The number of hydrogen-bond acceptors (Lipinski definition) is 10. The topological polar surface area (TPSA) is 134 Å². The van der Waals surface area contributed by atoms with E-state index in [2.05, 4.69) is 72.8 Å². The molecule has 2 heterocycles. The third-order valence-electron chi connectivity index (χ3n) is 9.63. The molecule has 3 rings (SSSR count). The van der Waals surface area contributed by atoms with Gasteiger partial charge in [-0.15, -0.1) is 0 Å². The van der Waals surface area contributed by atoms with Crippen molar-refractivity contribution in [3.05, 3.63) is 127 Å². The van der Waals surface area contributed by atoms with E-state index in [1.165, 1.54) is 19.6 Å². The van der Waals surface area contributed by atoms with Gasteiger partial charge in [-0.25, -0.2) is 19.6 Å². The van der Waals surface area contributed by atoms with Crippen LogP contribution in [0.5, 0.6) is 0 Å². The molecule has 0 aromatic carbocycles. The summed E-state index contributed by atoms with van der Waals surface area (Å²) < 4.78 is 27.1. The number of oxazole rings is 2. The maximum Gasteiger partial charge on any atom is 0.360 e. The Balaban J connectivity index is 1.50. The van der Waals surface area contributed by atoms with Gasteiger partial charge in [0.05, 0.1) is 25.7 Å². The van der Waals surface area contributed by atoms with Gasteiger partial charge >= 0.3 is 11.9 Å². The summed E-state index contributed by atoms with van der Waals surface area (Å²) in [7, 11) is 2.87. The van der Waals surface area contributed by atoms with Gasteiger partial charge in [-0.1, -0.05) is 119 Å². The number of esters is 2. The number of carbonyl (C=O) groups is 2. The molecule has 1 aliphatic rings. The molecule has 0 bridgehead atoms. The number of carbonyl (C=O) groups excluding carboxylic acids is 2. The second-order valence-corrected chi connectivity index (χ2v) is 15.0. The van der Waals surface area contributed by atoms with Gasteiger partial charge in [0.15, 0.2) is 17.3 Å².